The number of alkyl halides is 2. The summed E-state index contributed by atoms with van der Waals surface area (Å²) in [7, 11) is 1.97. The lowest BCUT2D eigenvalue weighted by Crippen LogP contribution is -2.21. The molecule has 2 saturated carbocycles. The third kappa shape index (κ3) is 4.56. The SMILES string of the molecule is CN(CC1CC1)c1ccn2ncc(C(=O)Nc3cn([C@H]4CC[C@H](C)CC4)nc3C(F)F)c2n1. The molecular weight excluding hydrogens is 428 g/mol. The number of hydrogen-bond donors (Lipinski definition) is 1. The van der Waals surface area contributed by atoms with E-state index in [9.17, 15) is 13.6 Å². The number of fused-ring (bicyclic) bond motifs is 1. The van der Waals surface area contributed by atoms with Gasteiger partial charge in [-0.15, -0.1) is 0 Å². The van der Waals surface area contributed by atoms with Crippen LogP contribution < -0.4 is 10.2 Å². The van der Waals surface area contributed by atoms with Crippen molar-refractivity contribution in [3.63, 3.8) is 0 Å². The number of carbonyl (C=O) groups is 1. The summed E-state index contributed by atoms with van der Waals surface area (Å²) in [5.74, 6) is 1.55. The van der Waals surface area contributed by atoms with Crippen LogP contribution in [0.3, 0.4) is 0 Å². The molecule has 1 amide bonds. The first-order chi connectivity index (χ1) is 15.9. The molecule has 33 heavy (non-hydrogen) atoms. The minimum absolute atomic E-state index is 0.0370. The Hall–Kier alpha value is -3.04. The van der Waals surface area contributed by atoms with Crippen molar-refractivity contribution in [1.82, 2.24) is 24.4 Å². The van der Waals surface area contributed by atoms with Crippen LogP contribution in [0, 0.1) is 11.8 Å². The van der Waals surface area contributed by atoms with Crippen molar-refractivity contribution in [3.05, 3.63) is 35.9 Å². The van der Waals surface area contributed by atoms with Crippen molar-refractivity contribution in [2.45, 2.75) is 57.9 Å². The Morgan fingerprint density at radius 1 is 1.24 bits per heavy atom. The molecule has 5 rings (SSSR count). The Bertz CT molecular complexity index is 1150. The number of nitrogens with one attached hydrogen (secondary N) is 1. The first kappa shape index (κ1) is 21.8. The second-order valence-electron chi connectivity index (χ2n) is 9.51. The third-order valence-corrected chi connectivity index (χ3v) is 6.79. The Morgan fingerprint density at radius 3 is 2.70 bits per heavy atom. The van der Waals surface area contributed by atoms with Crippen molar-refractivity contribution in [3.8, 4) is 0 Å². The molecule has 2 aliphatic rings. The largest absolute Gasteiger partial charge is 0.359 e. The van der Waals surface area contributed by atoms with Gasteiger partial charge in [0.2, 0.25) is 0 Å². The van der Waals surface area contributed by atoms with Crippen LogP contribution >= 0.6 is 0 Å². The predicted molar refractivity (Wildman–Crippen MR) is 121 cm³/mol. The summed E-state index contributed by atoms with van der Waals surface area (Å²) < 4.78 is 30.5. The molecule has 0 unspecified atom stereocenters. The first-order valence-electron chi connectivity index (χ1n) is 11.6. The highest BCUT2D eigenvalue weighted by molar-refractivity contribution is 6.08. The van der Waals surface area contributed by atoms with E-state index in [0.29, 0.717) is 17.5 Å². The molecule has 1 N–H and O–H groups in total. The molecule has 8 nitrogen and oxygen atoms in total. The van der Waals surface area contributed by atoms with Crippen molar-refractivity contribution in [1.29, 1.82) is 0 Å². The molecule has 3 aromatic heterocycles. The van der Waals surface area contributed by atoms with Gasteiger partial charge in [-0.25, -0.2) is 18.3 Å². The highest BCUT2D eigenvalue weighted by Gasteiger charge is 2.27. The standard InChI is InChI=1S/C23H29F2N7O/c1-14-3-7-16(8-4-14)32-13-18(20(29-32)21(24)25)27-23(33)17-11-26-31-10-9-19(28-22(17)31)30(2)12-15-5-6-15/h9-11,13-16,21H,3-8,12H2,1-2H3,(H,27,33)/t14-,16-. The minimum atomic E-state index is -2.78. The summed E-state index contributed by atoms with van der Waals surface area (Å²) in [6, 6.07) is 1.93. The molecule has 10 heteroatoms. The van der Waals surface area contributed by atoms with Gasteiger partial charge in [-0.3, -0.25) is 9.48 Å². The van der Waals surface area contributed by atoms with Crippen LogP contribution in [-0.2, 0) is 0 Å². The second kappa shape index (κ2) is 8.72. The van der Waals surface area contributed by atoms with Crippen LogP contribution in [0.15, 0.2) is 24.7 Å². The second-order valence-corrected chi connectivity index (χ2v) is 9.51. The van der Waals surface area contributed by atoms with Gasteiger partial charge in [0.25, 0.3) is 12.3 Å². The molecule has 0 saturated heterocycles. The quantitative estimate of drug-likeness (QED) is 0.556. The fourth-order valence-electron chi connectivity index (χ4n) is 4.56. The normalized spacial score (nSPS) is 21.0. The van der Waals surface area contributed by atoms with Crippen molar-refractivity contribution in [2.24, 2.45) is 11.8 Å². The topological polar surface area (TPSA) is 80.4 Å². The Kier molecular flexibility index (Phi) is 5.76. The number of hydrogen-bond acceptors (Lipinski definition) is 5. The number of amides is 1. The molecule has 0 aliphatic heterocycles. The molecule has 176 valence electrons. The Labute approximate surface area is 191 Å². The van der Waals surface area contributed by atoms with Gasteiger partial charge in [-0.05, 0) is 56.4 Å². The van der Waals surface area contributed by atoms with E-state index in [4.69, 9.17) is 0 Å². The van der Waals surface area contributed by atoms with Crippen LogP contribution in [-0.4, -0.2) is 43.9 Å². The maximum Gasteiger partial charge on any atom is 0.284 e. The van der Waals surface area contributed by atoms with Gasteiger partial charge in [0.1, 0.15) is 11.4 Å². The van der Waals surface area contributed by atoms with Gasteiger partial charge < -0.3 is 10.2 Å². The predicted octanol–water partition coefficient (Wildman–Crippen LogP) is 4.71. The number of anilines is 2. The zero-order valence-electron chi connectivity index (χ0n) is 18.9. The number of aromatic nitrogens is 5. The number of nitrogens with zero attached hydrogens (tertiary/aromatic N) is 6. The van der Waals surface area contributed by atoms with E-state index in [0.717, 1.165) is 38.0 Å². The van der Waals surface area contributed by atoms with Crippen LogP contribution in [0.1, 0.15) is 74.0 Å². The zero-order chi connectivity index (χ0) is 23.1. The van der Waals surface area contributed by atoms with Crippen LogP contribution in [0.25, 0.3) is 5.65 Å². The van der Waals surface area contributed by atoms with Crippen molar-refractivity contribution >= 4 is 23.1 Å². The number of halogens is 2. The van der Waals surface area contributed by atoms with E-state index in [1.165, 1.54) is 29.8 Å². The van der Waals surface area contributed by atoms with E-state index in [-0.39, 0.29) is 17.3 Å². The average Bonchev–Trinajstić information content (AvgIpc) is 3.34. The van der Waals surface area contributed by atoms with Gasteiger partial charge in [-0.2, -0.15) is 10.2 Å². The molecule has 3 heterocycles. The summed E-state index contributed by atoms with van der Waals surface area (Å²) in [5, 5.41) is 11.0. The molecule has 0 radical (unpaired) electrons. The van der Waals surface area contributed by atoms with Gasteiger partial charge in [0, 0.05) is 26.0 Å². The van der Waals surface area contributed by atoms with Crippen LogP contribution in [0.5, 0.6) is 0 Å². The van der Waals surface area contributed by atoms with E-state index in [2.05, 4.69) is 32.3 Å². The average molecular weight is 458 g/mol. The summed E-state index contributed by atoms with van der Waals surface area (Å²) >= 11 is 0. The van der Waals surface area contributed by atoms with E-state index in [1.807, 2.05) is 13.1 Å². The summed E-state index contributed by atoms with van der Waals surface area (Å²) in [4.78, 5) is 19.7. The van der Waals surface area contributed by atoms with E-state index in [1.54, 1.807) is 10.9 Å². The fourth-order valence-corrected chi connectivity index (χ4v) is 4.56. The first-order valence-corrected chi connectivity index (χ1v) is 11.6. The molecule has 2 aliphatic carbocycles. The van der Waals surface area contributed by atoms with Gasteiger partial charge >= 0.3 is 0 Å². The van der Waals surface area contributed by atoms with Gasteiger partial charge in [0.15, 0.2) is 11.3 Å². The van der Waals surface area contributed by atoms with Gasteiger partial charge in [-0.1, -0.05) is 6.92 Å². The molecule has 0 atom stereocenters. The van der Waals surface area contributed by atoms with E-state index < -0.39 is 18.0 Å². The highest BCUT2D eigenvalue weighted by Crippen LogP contribution is 2.35. The van der Waals surface area contributed by atoms with Crippen LogP contribution in [0.4, 0.5) is 20.3 Å². The van der Waals surface area contributed by atoms with Crippen molar-refractivity contribution in [2.75, 3.05) is 23.8 Å². The molecule has 2 fully saturated rings. The van der Waals surface area contributed by atoms with Crippen LogP contribution in [0.2, 0.25) is 0 Å². The van der Waals surface area contributed by atoms with Crippen molar-refractivity contribution < 1.29 is 13.6 Å². The molecule has 0 spiro atoms. The van der Waals surface area contributed by atoms with E-state index >= 15 is 0 Å². The highest BCUT2D eigenvalue weighted by atomic mass is 19.3. The monoisotopic (exact) mass is 457 g/mol. The summed E-state index contributed by atoms with van der Waals surface area (Å²) in [6.07, 6.45) is 8.26. The Balaban J connectivity index is 1.38. The minimum Gasteiger partial charge on any atom is -0.359 e. The zero-order valence-corrected chi connectivity index (χ0v) is 18.9. The third-order valence-electron chi connectivity index (χ3n) is 6.79. The Morgan fingerprint density at radius 2 is 2.00 bits per heavy atom. The molecule has 0 bridgehead atoms. The molecule has 3 aromatic rings. The lowest BCUT2D eigenvalue weighted by atomic mass is 9.87. The van der Waals surface area contributed by atoms with Gasteiger partial charge in [0.05, 0.1) is 17.9 Å². The summed E-state index contributed by atoms with van der Waals surface area (Å²) in [5.41, 5.74) is 0.252. The lowest BCUT2D eigenvalue weighted by Gasteiger charge is -2.26. The summed E-state index contributed by atoms with van der Waals surface area (Å²) in [6.45, 7) is 3.12. The smallest absolute Gasteiger partial charge is 0.284 e. The number of rotatable bonds is 7. The maximum absolute atomic E-state index is 13.7. The maximum atomic E-state index is 13.7. The number of carbonyl (C=O) groups excluding carboxylic acids is 1. The molecular formula is C23H29F2N7O. The fraction of sp³-hybridized carbons (Fsp3) is 0.565. The molecule has 0 aromatic carbocycles. The lowest BCUT2D eigenvalue weighted by molar-refractivity contribution is 0.102.